The van der Waals surface area contributed by atoms with Crippen molar-refractivity contribution in [2.75, 3.05) is 37.0 Å². The van der Waals surface area contributed by atoms with E-state index in [9.17, 15) is 19.2 Å². The number of carbonyl (C=O) groups is 3. The predicted molar refractivity (Wildman–Crippen MR) is 139 cm³/mol. The van der Waals surface area contributed by atoms with E-state index in [0.29, 0.717) is 43.1 Å². The number of urea groups is 1. The van der Waals surface area contributed by atoms with Crippen LogP contribution in [0, 0.1) is 5.92 Å². The molecular weight excluding hydrogens is 480 g/mol. The van der Waals surface area contributed by atoms with Crippen LogP contribution in [-0.4, -0.2) is 65.1 Å². The van der Waals surface area contributed by atoms with Crippen molar-refractivity contribution >= 4 is 35.4 Å². The molecule has 1 aromatic carbocycles. The van der Waals surface area contributed by atoms with Crippen LogP contribution < -0.4 is 16.2 Å². The van der Waals surface area contributed by atoms with Crippen LogP contribution in [0.25, 0.3) is 0 Å². The van der Waals surface area contributed by atoms with Gasteiger partial charge in [-0.3, -0.25) is 9.59 Å². The topological polar surface area (TPSA) is 110 Å². The van der Waals surface area contributed by atoms with Crippen molar-refractivity contribution in [2.45, 2.75) is 38.3 Å². The van der Waals surface area contributed by atoms with Gasteiger partial charge in [0, 0.05) is 43.0 Å². The van der Waals surface area contributed by atoms with Gasteiger partial charge in [0.25, 0.3) is 5.56 Å². The SMILES string of the molecule is CCOC(=O)c1ccc(NC(=O)C(CCSC)NC(=O)N2CC3CC(C2)c2cccc(=O)n2C3)cc1. The second-order valence-electron chi connectivity index (χ2n) is 9.17. The summed E-state index contributed by atoms with van der Waals surface area (Å²) in [4.78, 5) is 52.2. The maximum atomic E-state index is 13.2. The number of ether oxygens (including phenoxy) is 1. The van der Waals surface area contributed by atoms with E-state index < -0.39 is 12.0 Å². The van der Waals surface area contributed by atoms with Gasteiger partial charge in [0.15, 0.2) is 0 Å². The summed E-state index contributed by atoms with van der Waals surface area (Å²) in [5, 5.41) is 5.78. The Balaban J connectivity index is 1.40. The second kappa shape index (κ2) is 11.6. The van der Waals surface area contributed by atoms with Gasteiger partial charge in [0.05, 0.1) is 12.2 Å². The number of esters is 1. The van der Waals surface area contributed by atoms with E-state index in [1.54, 1.807) is 60.0 Å². The lowest BCUT2D eigenvalue weighted by molar-refractivity contribution is -0.118. The predicted octanol–water partition coefficient (Wildman–Crippen LogP) is 2.91. The molecular formula is C26H32N4O5S. The van der Waals surface area contributed by atoms with E-state index in [1.165, 1.54) is 0 Å². The molecule has 2 aromatic rings. The van der Waals surface area contributed by atoms with Crippen LogP contribution in [-0.2, 0) is 16.1 Å². The molecule has 2 bridgehead atoms. The molecule has 2 aliphatic rings. The molecule has 3 amide bonds. The van der Waals surface area contributed by atoms with Crippen molar-refractivity contribution in [2.24, 2.45) is 5.92 Å². The molecule has 10 heteroatoms. The van der Waals surface area contributed by atoms with Gasteiger partial charge in [-0.2, -0.15) is 11.8 Å². The average Bonchev–Trinajstić information content (AvgIpc) is 2.87. The van der Waals surface area contributed by atoms with Crippen LogP contribution in [0.5, 0.6) is 0 Å². The first-order valence-electron chi connectivity index (χ1n) is 12.2. The van der Waals surface area contributed by atoms with Gasteiger partial charge in [0.1, 0.15) is 6.04 Å². The quantitative estimate of drug-likeness (QED) is 0.527. The number of pyridine rings is 1. The first kappa shape index (κ1) is 25.8. The minimum Gasteiger partial charge on any atom is -0.462 e. The smallest absolute Gasteiger partial charge is 0.338 e. The van der Waals surface area contributed by atoms with E-state index in [4.69, 9.17) is 4.74 Å². The number of thioether (sulfide) groups is 1. The van der Waals surface area contributed by atoms with Crippen LogP contribution in [0.4, 0.5) is 10.5 Å². The summed E-state index contributed by atoms with van der Waals surface area (Å²) >= 11 is 1.60. The van der Waals surface area contributed by atoms with Crippen molar-refractivity contribution in [3.8, 4) is 0 Å². The Kier molecular flexibility index (Phi) is 8.35. The number of carbonyl (C=O) groups excluding carboxylic acids is 3. The molecule has 0 aliphatic carbocycles. The highest BCUT2D eigenvalue weighted by Crippen LogP contribution is 2.34. The van der Waals surface area contributed by atoms with Gasteiger partial charge in [-0.15, -0.1) is 0 Å². The summed E-state index contributed by atoms with van der Waals surface area (Å²) in [7, 11) is 0. The number of amides is 3. The molecule has 36 heavy (non-hydrogen) atoms. The fraction of sp³-hybridized carbons (Fsp3) is 0.462. The highest BCUT2D eigenvalue weighted by atomic mass is 32.2. The van der Waals surface area contributed by atoms with Crippen LogP contribution >= 0.6 is 11.8 Å². The summed E-state index contributed by atoms with van der Waals surface area (Å²) in [5.74, 6) is 0.295. The number of nitrogens with one attached hydrogen (secondary N) is 2. The molecule has 2 N–H and O–H groups in total. The summed E-state index contributed by atoms with van der Waals surface area (Å²) in [5.41, 5.74) is 1.91. The molecule has 3 heterocycles. The van der Waals surface area contributed by atoms with E-state index in [2.05, 4.69) is 10.6 Å². The molecule has 1 saturated heterocycles. The minimum atomic E-state index is -0.702. The highest BCUT2D eigenvalue weighted by Gasteiger charge is 2.37. The molecule has 1 fully saturated rings. The number of benzene rings is 1. The van der Waals surface area contributed by atoms with Gasteiger partial charge in [0.2, 0.25) is 5.91 Å². The molecule has 0 radical (unpaired) electrons. The number of anilines is 1. The minimum absolute atomic E-state index is 0.00388. The van der Waals surface area contributed by atoms with Gasteiger partial charge in [-0.05, 0) is 68.0 Å². The maximum absolute atomic E-state index is 13.2. The zero-order chi connectivity index (χ0) is 25.7. The number of fused-ring (bicyclic) bond motifs is 4. The van der Waals surface area contributed by atoms with Crippen molar-refractivity contribution in [3.63, 3.8) is 0 Å². The molecule has 0 saturated carbocycles. The summed E-state index contributed by atoms with van der Waals surface area (Å²) < 4.78 is 6.82. The standard InChI is InChI=1S/C26H32N4O5S/c1-3-35-25(33)18-7-9-20(10-8-18)27-24(32)21(11-12-36-2)28-26(34)29-14-17-13-19(16-29)22-5-4-6-23(31)30(22)15-17/h4-10,17,19,21H,3,11-16H2,1-2H3,(H,27,32)(H,28,34). The normalized spacial score (nSPS) is 19.1. The van der Waals surface area contributed by atoms with Gasteiger partial charge < -0.3 is 24.8 Å². The van der Waals surface area contributed by atoms with E-state index in [-0.39, 0.29) is 35.9 Å². The zero-order valence-corrected chi connectivity index (χ0v) is 21.4. The Hall–Kier alpha value is -3.27. The van der Waals surface area contributed by atoms with Crippen molar-refractivity contribution in [3.05, 3.63) is 64.1 Å². The molecule has 3 unspecified atom stereocenters. The molecule has 192 valence electrons. The van der Waals surface area contributed by atoms with Crippen LogP contribution in [0.2, 0.25) is 0 Å². The van der Waals surface area contributed by atoms with E-state index in [1.807, 2.05) is 16.9 Å². The Morgan fingerprint density at radius 3 is 2.61 bits per heavy atom. The molecule has 3 atom stereocenters. The summed E-state index contributed by atoms with van der Waals surface area (Å²) in [6, 6.07) is 10.8. The van der Waals surface area contributed by atoms with Crippen LogP contribution in [0.15, 0.2) is 47.3 Å². The Morgan fingerprint density at radius 2 is 1.89 bits per heavy atom. The summed E-state index contributed by atoms with van der Waals surface area (Å²) in [6.07, 6.45) is 3.39. The van der Waals surface area contributed by atoms with Crippen LogP contribution in [0.1, 0.15) is 41.7 Å². The number of likely N-dealkylation sites (tertiary alicyclic amines) is 1. The van der Waals surface area contributed by atoms with Crippen molar-refractivity contribution < 1.29 is 19.1 Å². The third-order valence-electron chi connectivity index (χ3n) is 6.66. The third-order valence-corrected chi connectivity index (χ3v) is 7.30. The number of aromatic nitrogens is 1. The van der Waals surface area contributed by atoms with Gasteiger partial charge in [-0.1, -0.05) is 6.07 Å². The van der Waals surface area contributed by atoms with Gasteiger partial charge >= 0.3 is 12.0 Å². The number of hydrogen-bond acceptors (Lipinski definition) is 6. The Bertz CT molecular complexity index is 1170. The first-order chi connectivity index (χ1) is 17.4. The average molecular weight is 513 g/mol. The lowest BCUT2D eigenvalue weighted by Crippen LogP contribution is -2.55. The fourth-order valence-corrected chi connectivity index (χ4v) is 5.41. The lowest BCUT2D eigenvalue weighted by Gasteiger charge is -2.43. The van der Waals surface area contributed by atoms with E-state index >= 15 is 0 Å². The maximum Gasteiger partial charge on any atom is 0.338 e. The molecule has 2 aliphatic heterocycles. The van der Waals surface area contributed by atoms with Crippen LogP contribution in [0.3, 0.4) is 0 Å². The molecule has 0 spiro atoms. The van der Waals surface area contributed by atoms with E-state index in [0.717, 1.165) is 12.1 Å². The highest BCUT2D eigenvalue weighted by molar-refractivity contribution is 7.98. The number of nitrogens with zero attached hydrogens (tertiary/aromatic N) is 2. The molecule has 4 rings (SSSR count). The molecule has 1 aromatic heterocycles. The fourth-order valence-electron chi connectivity index (χ4n) is 4.94. The third kappa shape index (κ3) is 5.92. The molecule has 9 nitrogen and oxygen atoms in total. The number of piperidine rings is 1. The number of rotatable bonds is 8. The Labute approximate surface area is 214 Å². The van der Waals surface area contributed by atoms with Crippen molar-refractivity contribution in [1.82, 2.24) is 14.8 Å². The van der Waals surface area contributed by atoms with Crippen molar-refractivity contribution in [1.29, 1.82) is 0 Å². The summed E-state index contributed by atoms with van der Waals surface area (Å²) in [6.45, 7) is 3.70. The largest absolute Gasteiger partial charge is 0.462 e. The first-order valence-corrected chi connectivity index (χ1v) is 13.6. The monoisotopic (exact) mass is 512 g/mol. The second-order valence-corrected chi connectivity index (χ2v) is 10.2. The van der Waals surface area contributed by atoms with Gasteiger partial charge in [-0.25, -0.2) is 9.59 Å². The zero-order valence-electron chi connectivity index (χ0n) is 20.6. The Morgan fingerprint density at radius 1 is 1.11 bits per heavy atom. The number of hydrogen-bond donors (Lipinski definition) is 2. The lowest BCUT2D eigenvalue weighted by atomic mass is 9.83.